The summed E-state index contributed by atoms with van der Waals surface area (Å²) in [4.78, 5) is 5.53. The molecule has 1 aromatic heterocycles. The normalized spacial score (nSPS) is 13.2. The van der Waals surface area contributed by atoms with Crippen LogP contribution >= 0.6 is 35.3 Å². The average molecular weight is 519 g/mol. The van der Waals surface area contributed by atoms with E-state index >= 15 is 0 Å². The molecule has 6 nitrogen and oxygen atoms in total. The molecule has 0 fully saturated rings. The van der Waals surface area contributed by atoms with E-state index in [0.29, 0.717) is 37.2 Å². The van der Waals surface area contributed by atoms with Crippen LogP contribution in [0.3, 0.4) is 0 Å². The molecule has 1 atom stereocenters. The van der Waals surface area contributed by atoms with Gasteiger partial charge in [-0.25, -0.2) is 4.99 Å². The summed E-state index contributed by atoms with van der Waals surface area (Å²) in [6.07, 6.45) is 0. The summed E-state index contributed by atoms with van der Waals surface area (Å²) in [5.74, 6) is 2.08. The molecule has 1 aromatic carbocycles. The third-order valence-corrected chi connectivity index (χ3v) is 5.07. The standard InChI is InChI=1S/C20H29N3O3S.HI/c1-5-21-19(23-14-20(3,24)18-8-7-11-27-18)22-13-15-9-10-16(25-4)17(12-15)26-6-2;/h7-12,24H,5-6,13-14H2,1-4H3,(H2,21,22,23);1H. The molecule has 8 heteroatoms. The summed E-state index contributed by atoms with van der Waals surface area (Å²) in [6, 6.07) is 9.67. The summed E-state index contributed by atoms with van der Waals surface area (Å²) in [7, 11) is 1.63. The van der Waals surface area contributed by atoms with E-state index in [1.54, 1.807) is 14.0 Å². The molecule has 1 heterocycles. The zero-order valence-electron chi connectivity index (χ0n) is 16.8. The maximum absolute atomic E-state index is 10.7. The summed E-state index contributed by atoms with van der Waals surface area (Å²) in [5, 5.41) is 19.1. The maximum Gasteiger partial charge on any atom is 0.191 e. The highest BCUT2D eigenvalue weighted by molar-refractivity contribution is 14.0. The van der Waals surface area contributed by atoms with E-state index in [0.717, 1.165) is 17.0 Å². The second-order valence-electron chi connectivity index (χ2n) is 6.22. The Bertz CT molecular complexity index is 736. The first-order valence-electron chi connectivity index (χ1n) is 9.08. The molecule has 0 aliphatic carbocycles. The smallest absolute Gasteiger partial charge is 0.191 e. The highest BCUT2D eigenvalue weighted by Crippen LogP contribution is 2.28. The Hall–Kier alpha value is -1.52. The van der Waals surface area contributed by atoms with Gasteiger partial charge in [-0.2, -0.15) is 0 Å². The lowest BCUT2D eigenvalue weighted by Gasteiger charge is -2.23. The molecule has 1 unspecified atom stereocenters. The summed E-state index contributed by atoms with van der Waals surface area (Å²) < 4.78 is 10.9. The number of ether oxygens (including phenoxy) is 2. The van der Waals surface area contributed by atoms with E-state index in [-0.39, 0.29) is 24.0 Å². The van der Waals surface area contributed by atoms with Gasteiger partial charge in [0.25, 0.3) is 0 Å². The topological polar surface area (TPSA) is 75.1 Å². The van der Waals surface area contributed by atoms with Crippen molar-refractivity contribution in [3.8, 4) is 11.5 Å². The lowest BCUT2D eigenvalue weighted by Crippen LogP contribution is -2.44. The van der Waals surface area contributed by atoms with Crippen molar-refractivity contribution < 1.29 is 14.6 Å². The average Bonchev–Trinajstić information content (AvgIpc) is 3.20. The van der Waals surface area contributed by atoms with Gasteiger partial charge >= 0.3 is 0 Å². The van der Waals surface area contributed by atoms with E-state index in [2.05, 4.69) is 15.6 Å². The molecule has 2 aromatic rings. The third-order valence-electron chi connectivity index (χ3n) is 3.94. The number of thiophene rings is 1. The van der Waals surface area contributed by atoms with Gasteiger partial charge in [0.2, 0.25) is 0 Å². The van der Waals surface area contributed by atoms with Crippen molar-refractivity contribution in [2.45, 2.75) is 32.9 Å². The minimum atomic E-state index is -0.952. The van der Waals surface area contributed by atoms with Gasteiger partial charge in [-0.15, -0.1) is 35.3 Å². The molecule has 0 aliphatic rings. The van der Waals surface area contributed by atoms with Crippen LogP contribution in [-0.2, 0) is 12.1 Å². The lowest BCUT2D eigenvalue weighted by atomic mass is 10.1. The second-order valence-corrected chi connectivity index (χ2v) is 7.17. The van der Waals surface area contributed by atoms with Crippen LogP contribution in [-0.4, -0.2) is 37.9 Å². The number of methoxy groups -OCH3 is 1. The molecular weight excluding hydrogens is 489 g/mol. The fourth-order valence-electron chi connectivity index (χ4n) is 2.53. The van der Waals surface area contributed by atoms with E-state index in [4.69, 9.17) is 9.47 Å². The van der Waals surface area contributed by atoms with Crippen molar-refractivity contribution in [1.29, 1.82) is 0 Å². The molecule has 156 valence electrons. The molecule has 0 bridgehead atoms. The van der Waals surface area contributed by atoms with Crippen LogP contribution in [0.4, 0.5) is 0 Å². The van der Waals surface area contributed by atoms with Gasteiger partial charge in [0.15, 0.2) is 17.5 Å². The molecule has 28 heavy (non-hydrogen) atoms. The Morgan fingerprint density at radius 3 is 2.61 bits per heavy atom. The van der Waals surface area contributed by atoms with Gasteiger partial charge in [-0.1, -0.05) is 12.1 Å². The lowest BCUT2D eigenvalue weighted by molar-refractivity contribution is 0.0655. The number of halogens is 1. The number of rotatable bonds is 9. The zero-order valence-corrected chi connectivity index (χ0v) is 20.0. The zero-order chi connectivity index (χ0) is 19.7. The van der Waals surface area contributed by atoms with Gasteiger partial charge in [0, 0.05) is 11.4 Å². The van der Waals surface area contributed by atoms with E-state index in [9.17, 15) is 5.11 Å². The minimum Gasteiger partial charge on any atom is -0.493 e. The highest BCUT2D eigenvalue weighted by atomic mass is 127. The van der Waals surface area contributed by atoms with Crippen LogP contribution in [0.5, 0.6) is 11.5 Å². The van der Waals surface area contributed by atoms with Crippen LogP contribution in [0, 0.1) is 0 Å². The second kappa shape index (κ2) is 12.1. The maximum atomic E-state index is 10.7. The predicted molar refractivity (Wildman–Crippen MR) is 126 cm³/mol. The van der Waals surface area contributed by atoms with Crippen molar-refractivity contribution in [2.75, 3.05) is 26.8 Å². The molecule has 0 saturated carbocycles. The Kier molecular flexibility index (Phi) is 10.6. The third kappa shape index (κ3) is 7.14. The fourth-order valence-corrected chi connectivity index (χ4v) is 3.31. The van der Waals surface area contributed by atoms with Crippen molar-refractivity contribution in [3.63, 3.8) is 0 Å². The number of nitrogens with one attached hydrogen (secondary N) is 2. The predicted octanol–water partition coefficient (Wildman–Crippen LogP) is 3.74. The largest absolute Gasteiger partial charge is 0.493 e. The van der Waals surface area contributed by atoms with Gasteiger partial charge in [0.05, 0.1) is 26.8 Å². The summed E-state index contributed by atoms with van der Waals surface area (Å²) >= 11 is 1.54. The van der Waals surface area contributed by atoms with Crippen molar-refractivity contribution in [2.24, 2.45) is 4.99 Å². The van der Waals surface area contributed by atoms with Gasteiger partial charge in [0.1, 0.15) is 5.60 Å². The minimum absolute atomic E-state index is 0. The van der Waals surface area contributed by atoms with E-state index < -0.39 is 5.60 Å². The molecule has 0 radical (unpaired) electrons. The number of benzene rings is 1. The Morgan fingerprint density at radius 2 is 2.00 bits per heavy atom. The Morgan fingerprint density at radius 1 is 1.21 bits per heavy atom. The summed E-state index contributed by atoms with van der Waals surface area (Å²) in [5.41, 5.74) is 0.0635. The van der Waals surface area contributed by atoms with E-state index in [1.165, 1.54) is 11.3 Å². The molecule has 0 saturated heterocycles. The van der Waals surface area contributed by atoms with E-state index in [1.807, 2.05) is 49.6 Å². The van der Waals surface area contributed by atoms with Gasteiger partial charge in [-0.05, 0) is 49.9 Å². The van der Waals surface area contributed by atoms with Crippen LogP contribution in [0.25, 0.3) is 0 Å². The molecule has 0 amide bonds. The Labute approximate surface area is 188 Å². The first-order valence-corrected chi connectivity index (χ1v) is 9.96. The summed E-state index contributed by atoms with van der Waals surface area (Å²) in [6.45, 7) is 7.91. The first kappa shape index (κ1) is 24.5. The van der Waals surface area contributed by atoms with Gasteiger partial charge < -0.3 is 25.2 Å². The number of hydrogen-bond acceptors (Lipinski definition) is 5. The number of aliphatic imine (C=N–C) groups is 1. The van der Waals surface area contributed by atoms with Crippen LogP contribution < -0.4 is 20.1 Å². The van der Waals surface area contributed by atoms with Crippen molar-refractivity contribution in [1.82, 2.24) is 10.6 Å². The number of nitrogens with zero attached hydrogens (tertiary/aromatic N) is 1. The monoisotopic (exact) mass is 519 g/mol. The molecule has 2 rings (SSSR count). The molecule has 0 spiro atoms. The number of aliphatic hydroxyl groups is 1. The first-order chi connectivity index (χ1) is 13.0. The highest BCUT2D eigenvalue weighted by Gasteiger charge is 2.24. The fraction of sp³-hybridized carbons (Fsp3) is 0.450. The quantitative estimate of drug-likeness (QED) is 0.268. The van der Waals surface area contributed by atoms with Crippen molar-refractivity contribution >= 4 is 41.3 Å². The molecular formula is C20H30IN3O3S. The number of hydrogen-bond donors (Lipinski definition) is 3. The van der Waals surface area contributed by atoms with Crippen molar-refractivity contribution in [3.05, 3.63) is 46.2 Å². The molecule has 0 aliphatic heterocycles. The Balaban J connectivity index is 0.00000392. The van der Waals surface area contributed by atoms with Crippen LogP contribution in [0.15, 0.2) is 40.7 Å². The SMILES string of the molecule is CCNC(=NCc1ccc(OC)c(OCC)c1)NCC(C)(O)c1cccs1.I. The van der Waals surface area contributed by atoms with Gasteiger partial charge in [-0.3, -0.25) is 0 Å². The number of guanidine groups is 1. The molecule has 3 N–H and O–H groups in total. The van der Waals surface area contributed by atoms with Crippen LogP contribution in [0.2, 0.25) is 0 Å². The van der Waals surface area contributed by atoms with Crippen LogP contribution in [0.1, 0.15) is 31.2 Å².